The minimum atomic E-state index is -0.717. The molecule has 1 aliphatic carbocycles. The average molecular weight is 410 g/mol. The number of nitrogens with one attached hydrogen (secondary N) is 1. The van der Waals surface area contributed by atoms with Gasteiger partial charge < -0.3 is 14.8 Å². The minimum Gasteiger partial charge on any atom is -0.480 e. The van der Waals surface area contributed by atoms with Crippen molar-refractivity contribution in [2.45, 2.75) is 38.7 Å². The first kappa shape index (κ1) is 19.5. The van der Waals surface area contributed by atoms with Crippen molar-refractivity contribution < 1.29 is 19.1 Å². The van der Waals surface area contributed by atoms with Crippen molar-refractivity contribution in [2.24, 2.45) is 0 Å². The maximum absolute atomic E-state index is 12.8. The number of esters is 1. The second-order valence-corrected chi connectivity index (χ2v) is 8.24. The van der Waals surface area contributed by atoms with E-state index >= 15 is 0 Å². The van der Waals surface area contributed by atoms with E-state index in [1.807, 2.05) is 42.5 Å². The van der Waals surface area contributed by atoms with Gasteiger partial charge in [0.2, 0.25) is 0 Å². The molecular formula is C23H23NO4S. The first-order valence-electron chi connectivity index (χ1n) is 9.76. The molecule has 29 heavy (non-hydrogen) atoms. The van der Waals surface area contributed by atoms with Crippen LogP contribution in [-0.2, 0) is 22.4 Å². The molecule has 0 saturated heterocycles. The highest BCUT2D eigenvalue weighted by Crippen LogP contribution is 2.38. The number of benzene rings is 2. The number of thiophene rings is 1. The molecule has 1 aromatic heterocycles. The number of amides is 1. The fourth-order valence-corrected chi connectivity index (χ4v) is 5.01. The van der Waals surface area contributed by atoms with Crippen molar-refractivity contribution in [1.29, 1.82) is 0 Å². The Labute approximate surface area is 173 Å². The molecular weight excluding hydrogens is 386 g/mol. The van der Waals surface area contributed by atoms with Crippen molar-refractivity contribution in [1.82, 2.24) is 0 Å². The van der Waals surface area contributed by atoms with Crippen LogP contribution in [0.25, 0.3) is 10.8 Å². The fraction of sp³-hybridized carbons (Fsp3) is 0.304. The zero-order valence-electron chi connectivity index (χ0n) is 16.5. The van der Waals surface area contributed by atoms with Gasteiger partial charge in [-0.2, -0.15) is 0 Å². The Morgan fingerprint density at radius 1 is 1.07 bits per heavy atom. The molecule has 0 fully saturated rings. The largest absolute Gasteiger partial charge is 0.480 e. The van der Waals surface area contributed by atoms with E-state index in [-0.39, 0.29) is 5.91 Å². The van der Waals surface area contributed by atoms with Crippen LogP contribution in [0.1, 0.15) is 40.6 Å². The van der Waals surface area contributed by atoms with Crippen molar-refractivity contribution in [2.75, 3.05) is 12.4 Å². The van der Waals surface area contributed by atoms with Crippen LogP contribution in [0, 0.1) is 0 Å². The van der Waals surface area contributed by atoms with Gasteiger partial charge in [0.05, 0.1) is 12.7 Å². The molecule has 0 radical (unpaired) electrons. The van der Waals surface area contributed by atoms with E-state index in [0.29, 0.717) is 16.3 Å². The van der Waals surface area contributed by atoms with Crippen molar-refractivity contribution in [3.8, 4) is 5.75 Å². The lowest BCUT2D eigenvalue weighted by Crippen LogP contribution is -2.30. The number of fused-ring (bicyclic) bond motifs is 2. The molecule has 1 amide bonds. The zero-order valence-corrected chi connectivity index (χ0v) is 17.3. The Balaban J connectivity index is 1.56. The van der Waals surface area contributed by atoms with E-state index in [1.54, 1.807) is 6.92 Å². The van der Waals surface area contributed by atoms with Gasteiger partial charge in [-0.1, -0.05) is 36.4 Å². The third-order valence-corrected chi connectivity index (χ3v) is 6.43. The molecule has 2 aromatic carbocycles. The molecule has 5 nitrogen and oxygen atoms in total. The van der Waals surface area contributed by atoms with E-state index in [0.717, 1.165) is 46.9 Å². The summed E-state index contributed by atoms with van der Waals surface area (Å²) < 4.78 is 10.9. The fourth-order valence-electron chi connectivity index (χ4n) is 3.73. The second-order valence-electron chi connectivity index (χ2n) is 7.13. The lowest BCUT2D eigenvalue weighted by Gasteiger charge is -2.16. The first-order valence-corrected chi connectivity index (χ1v) is 10.6. The highest BCUT2D eigenvalue weighted by Gasteiger charge is 2.28. The van der Waals surface area contributed by atoms with Crippen LogP contribution in [0.5, 0.6) is 5.75 Å². The predicted molar refractivity (Wildman–Crippen MR) is 115 cm³/mol. The highest BCUT2D eigenvalue weighted by molar-refractivity contribution is 7.17. The number of carbonyl (C=O) groups is 2. The summed E-state index contributed by atoms with van der Waals surface area (Å²) in [6.07, 6.45) is 3.20. The molecule has 1 atom stereocenters. The topological polar surface area (TPSA) is 64.6 Å². The first-order chi connectivity index (χ1) is 14.1. The van der Waals surface area contributed by atoms with Crippen molar-refractivity contribution in [3.05, 3.63) is 58.5 Å². The number of anilines is 1. The summed E-state index contributed by atoms with van der Waals surface area (Å²) in [5.74, 6) is -0.0339. The molecule has 1 unspecified atom stereocenters. The quantitative estimate of drug-likeness (QED) is 0.604. The molecule has 0 spiro atoms. The van der Waals surface area contributed by atoms with E-state index in [4.69, 9.17) is 9.47 Å². The number of rotatable bonds is 5. The van der Waals surface area contributed by atoms with Crippen LogP contribution in [0.3, 0.4) is 0 Å². The van der Waals surface area contributed by atoms with Gasteiger partial charge in [0.1, 0.15) is 10.8 Å². The predicted octanol–water partition coefficient (Wildman–Crippen LogP) is 4.97. The maximum Gasteiger partial charge on any atom is 0.341 e. The Morgan fingerprint density at radius 3 is 2.66 bits per heavy atom. The molecule has 0 aliphatic heterocycles. The van der Waals surface area contributed by atoms with Gasteiger partial charge in [0.15, 0.2) is 6.10 Å². The third-order valence-electron chi connectivity index (χ3n) is 5.22. The number of ether oxygens (including phenoxy) is 2. The molecule has 0 saturated carbocycles. The second kappa shape index (κ2) is 8.25. The molecule has 0 bridgehead atoms. The smallest absolute Gasteiger partial charge is 0.341 e. The van der Waals surface area contributed by atoms with Crippen LogP contribution >= 0.6 is 11.3 Å². The van der Waals surface area contributed by atoms with Crippen LogP contribution in [0.15, 0.2) is 42.5 Å². The summed E-state index contributed by atoms with van der Waals surface area (Å²) in [7, 11) is 1.37. The average Bonchev–Trinajstić information content (AvgIpc) is 3.11. The minimum absolute atomic E-state index is 0.290. The van der Waals surface area contributed by atoms with Crippen LogP contribution in [0.2, 0.25) is 0 Å². The Bertz CT molecular complexity index is 1070. The molecule has 150 valence electrons. The molecule has 1 heterocycles. The standard InChI is InChI=1S/C23H23NO4S/c1-14(28-18-12-7-9-15-8-3-4-10-16(15)18)21(25)24-22-20(23(26)27-2)17-11-5-6-13-19(17)29-22/h3-4,7-10,12,14H,5-6,11,13H2,1-2H3,(H,24,25). The molecule has 4 rings (SSSR count). The van der Waals surface area contributed by atoms with Crippen LogP contribution in [0.4, 0.5) is 5.00 Å². The van der Waals surface area contributed by atoms with Gasteiger partial charge in [-0.05, 0) is 49.6 Å². The van der Waals surface area contributed by atoms with Crippen LogP contribution < -0.4 is 10.1 Å². The lowest BCUT2D eigenvalue weighted by molar-refractivity contribution is -0.121. The van der Waals surface area contributed by atoms with Gasteiger partial charge in [-0.25, -0.2) is 4.79 Å². The van der Waals surface area contributed by atoms with Gasteiger partial charge >= 0.3 is 5.97 Å². The molecule has 6 heteroatoms. The van der Waals surface area contributed by atoms with E-state index in [2.05, 4.69) is 5.32 Å². The summed E-state index contributed by atoms with van der Waals surface area (Å²) >= 11 is 1.47. The van der Waals surface area contributed by atoms with Gasteiger partial charge in [-0.3, -0.25) is 4.79 Å². The van der Waals surface area contributed by atoms with E-state index in [9.17, 15) is 9.59 Å². The monoisotopic (exact) mass is 409 g/mol. The van der Waals surface area contributed by atoms with E-state index in [1.165, 1.54) is 18.4 Å². The van der Waals surface area contributed by atoms with Gasteiger partial charge in [0.25, 0.3) is 5.91 Å². The Morgan fingerprint density at radius 2 is 1.83 bits per heavy atom. The maximum atomic E-state index is 12.8. The summed E-state index contributed by atoms with van der Waals surface area (Å²) in [4.78, 5) is 26.4. The van der Waals surface area contributed by atoms with Gasteiger partial charge in [-0.15, -0.1) is 11.3 Å². The number of hydrogen-bond donors (Lipinski definition) is 1. The summed E-state index contributed by atoms with van der Waals surface area (Å²) in [6, 6.07) is 13.7. The zero-order chi connectivity index (χ0) is 20.4. The number of methoxy groups -OCH3 is 1. The summed E-state index contributed by atoms with van der Waals surface area (Å²) in [5.41, 5.74) is 1.52. The lowest BCUT2D eigenvalue weighted by atomic mass is 9.95. The molecule has 3 aromatic rings. The number of hydrogen-bond acceptors (Lipinski definition) is 5. The van der Waals surface area contributed by atoms with Crippen molar-refractivity contribution >= 4 is 39.0 Å². The highest BCUT2D eigenvalue weighted by atomic mass is 32.1. The summed E-state index contributed by atoms with van der Waals surface area (Å²) in [6.45, 7) is 1.71. The third kappa shape index (κ3) is 3.85. The number of aryl methyl sites for hydroxylation is 1. The molecule has 1 N–H and O–H groups in total. The molecule has 1 aliphatic rings. The van der Waals surface area contributed by atoms with E-state index < -0.39 is 12.1 Å². The van der Waals surface area contributed by atoms with Gasteiger partial charge in [0, 0.05) is 10.3 Å². The Hall–Kier alpha value is -2.86. The number of carbonyl (C=O) groups excluding carboxylic acids is 2. The summed E-state index contributed by atoms with van der Waals surface area (Å²) in [5, 5.41) is 5.47. The normalized spacial score (nSPS) is 14.1. The van der Waals surface area contributed by atoms with Crippen molar-refractivity contribution in [3.63, 3.8) is 0 Å². The van der Waals surface area contributed by atoms with Crippen LogP contribution in [-0.4, -0.2) is 25.1 Å². The Kier molecular flexibility index (Phi) is 5.53. The SMILES string of the molecule is COC(=O)c1c(NC(=O)C(C)Oc2cccc3ccccc23)sc2c1CCCC2.